The van der Waals surface area contributed by atoms with Crippen LogP contribution in [0.3, 0.4) is 0 Å². The molecule has 0 amide bonds. The van der Waals surface area contributed by atoms with Crippen LogP contribution >= 0.6 is 31.9 Å². The number of nitrogens with one attached hydrogen (secondary N) is 1. The Morgan fingerprint density at radius 1 is 1.12 bits per heavy atom. The molecule has 0 aromatic heterocycles. The number of nitrogens with zero attached hydrogens (tertiary/aromatic N) is 1. The summed E-state index contributed by atoms with van der Waals surface area (Å²) >= 11 is 6.78. The lowest BCUT2D eigenvalue weighted by Gasteiger charge is -2.28. The number of hydrogen-bond donors (Lipinski definition) is 1. The number of morpholine rings is 1. The highest BCUT2D eigenvalue weighted by Gasteiger charge is 2.35. The van der Waals surface area contributed by atoms with Crippen LogP contribution < -0.4 is 5.32 Å². The van der Waals surface area contributed by atoms with E-state index in [1.807, 2.05) is 12.1 Å². The summed E-state index contributed by atoms with van der Waals surface area (Å²) < 4.78 is 46.8. The second-order valence-electron chi connectivity index (χ2n) is 5.45. The second kappa shape index (κ2) is 7.47. The Kier molecular flexibility index (Phi) is 5.50. The van der Waals surface area contributed by atoms with Crippen molar-refractivity contribution in [1.29, 1.82) is 0 Å². The molecule has 0 aliphatic carbocycles. The number of aliphatic imine (C=N–C) groups is 1. The molecule has 1 heterocycles. The van der Waals surface area contributed by atoms with E-state index in [4.69, 9.17) is 4.74 Å². The Morgan fingerprint density at radius 2 is 1.88 bits per heavy atom. The number of amidine groups is 1. The summed E-state index contributed by atoms with van der Waals surface area (Å²) in [7, 11) is 0. The zero-order valence-corrected chi connectivity index (χ0v) is 16.0. The first-order valence-corrected chi connectivity index (χ1v) is 8.96. The van der Waals surface area contributed by atoms with Gasteiger partial charge in [-0.05, 0) is 45.8 Å². The van der Waals surface area contributed by atoms with Crippen molar-refractivity contribution in [1.82, 2.24) is 5.32 Å². The van der Waals surface area contributed by atoms with Gasteiger partial charge < -0.3 is 10.1 Å². The van der Waals surface area contributed by atoms with Gasteiger partial charge in [-0.15, -0.1) is 0 Å². The molecule has 1 aliphatic rings. The number of hydrogen-bond acceptors (Lipinski definition) is 2. The van der Waals surface area contributed by atoms with Crippen molar-refractivity contribution < 1.29 is 17.9 Å². The predicted molar refractivity (Wildman–Crippen MR) is 97.1 cm³/mol. The number of rotatable bonds is 2. The molecule has 1 atom stereocenters. The molecule has 1 aliphatic heterocycles. The minimum absolute atomic E-state index is 0.146. The van der Waals surface area contributed by atoms with Gasteiger partial charge in [-0.25, -0.2) is 4.99 Å². The molecular weight excluding hydrogens is 465 g/mol. The van der Waals surface area contributed by atoms with Gasteiger partial charge in [0.15, 0.2) is 0 Å². The van der Waals surface area contributed by atoms with Crippen molar-refractivity contribution >= 4 is 43.4 Å². The Labute approximate surface area is 159 Å². The van der Waals surface area contributed by atoms with Gasteiger partial charge in [-0.2, -0.15) is 13.2 Å². The van der Waals surface area contributed by atoms with E-state index in [0.717, 1.165) is 15.0 Å². The van der Waals surface area contributed by atoms with E-state index in [0.29, 0.717) is 11.5 Å². The summed E-state index contributed by atoms with van der Waals surface area (Å²) in [6.45, 7) is 0.362. The molecule has 3 nitrogen and oxygen atoms in total. The summed E-state index contributed by atoms with van der Waals surface area (Å²) in [5.41, 5.74) is 0.151. The average Bonchev–Trinajstić information content (AvgIpc) is 2.57. The monoisotopic (exact) mass is 476 g/mol. The molecule has 1 N–H and O–H groups in total. The first-order chi connectivity index (χ1) is 11.8. The SMILES string of the molecule is FC(F)(F)c1ccccc1C1COC/C(=N/c2ccc(Br)cc2Br)N1. The van der Waals surface area contributed by atoms with Crippen LogP contribution in [-0.2, 0) is 10.9 Å². The molecule has 2 aromatic carbocycles. The van der Waals surface area contributed by atoms with Crippen LogP contribution in [0.5, 0.6) is 0 Å². The van der Waals surface area contributed by atoms with Gasteiger partial charge in [0.25, 0.3) is 0 Å². The first kappa shape index (κ1) is 18.4. The van der Waals surface area contributed by atoms with Crippen molar-refractivity contribution in [3.05, 3.63) is 62.5 Å². The molecule has 3 rings (SSSR count). The molecule has 8 heteroatoms. The van der Waals surface area contributed by atoms with Crippen LogP contribution in [-0.4, -0.2) is 19.0 Å². The smallest absolute Gasteiger partial charge is 0.371 e. The van der Waals surface area contributed by atoms with Crippen LogP contribution in [0.15, 0.2) is 56.4 Å². The third-order valence-corrected chi connectivity index (χ3v) is 4.80. The fourth-order valence-electron chi connectivity index (χ4n) is 2.57. The number of halogens is 5. The van der Waals surface area contributed by atoms with E-state index >= 15 is 0 Å². The molecule has 132 valence electrons. The predicted octanol–water partition coefficient (Wildman–Crippen LogP) is 5.62. The molecule has 2 aromatic rings. The summed E-state index contributed by atoms with van der Waals surface area (Å²) in [6, 6.07) is 10.4. The van der Waals surface area contributed by atoms with Crippen molar-refractivity contribution in [2.75, 3.05) is 13.2 Å². The number of alkyl halides is 3. The van der Waals surface area contributed by atoms with Gasteiger partial charge in [0.1, 0.15) is 12.4 Å². The minimum atomic E-state index is -4.41. The Balaban J connectivity index is 1.88. The van der Waals surface area contributed by atoms with Crippen molar-refractivity contribution in [3.63, 3.8) is 0 Å². The van der Waals surface area contributed by atoms with Crippen LogP contribution in [0.4, 0.5) is 18.9 Å². The fourth-order valence-corrected chi connectivity index (χ4v) is 3.70. The highest BCUT2D eigenvalue weighted by molar-refractivity contribution is 9.11. The van der Waals surface area contributed by atoms with Gasteiger partial charge in [-0.1, -0.05) is 34.1 Å². The summed E-state index contributed by atoms with van der Waals surface area (Å²) in [5, 5.41) is 3.06. The third-order valence-electron chi connectivity index (χ3n) is 3.67. The van der Waals surface area contributed by atoms with E-state index in [1.54, 1.807) is 12.1 Å². The zero-order chi connectivity index (χ0) is 18.0. The molecule has 25 heavy (non-hydrogen) atoms. The molecule has 0 saturated carbocycles. The van der Waals surface area contributed by atoms with Crippen LogP contribution in [0.1, 0.15) is 17.2 Å². The van der Waals surface area contributed by atoms with E-state index in [-0.39, 0.29) is 18.8 Å². The quantitative estimate of drug-likeness (QED) is 0.608. The molecule has 0 spiro atoms. The minimum Gasteiger partial charge on any atom is -0.371 e. The number of benzene rings is 2. The molecular formula is C17H13Br2F3N2O. The van der Waals surface area contributed by atoms with E-state index in [1.165, 1.54) is 12.1 Å². The van der Waals surface area contributed by atoms with Crippen molar-refractivity contribution in [3.8, 4) is 0 Å². The average molecular weight is 478 g/mol. The maximum absolute atomic E-state index is 13.2. The highest BCUT2D eigenvalue weighted by Crippen LogP contribution is 2.35. The highest BCUT2D eigenvalue weighted by atomic mass is 79.9. The molecule has 0 bridgehead atoms. The molecule has 1 fully saturated rings. The van der Waals surface area contributed by atoms with Gasteiger partial charge in [-0.3, -0.25) is 0 Å². The lowest BCUT2D eigenvalue weighted by atomic mass is 9.99. The Bertz CT molecular complexity index is 809. The number of ether oxygens (including phenoxy) is 1. The maximum Gasteiger partial charge on any atom is 0.416 e. The summed E-state index contributed by atoms with van der Waals surface area (Å²) in [6.07, 6.45) is -4.41. The van der Waals surface area contributed by atoms with Crippen molar-refractivity contribution in [2.45, 2.75) is 12.2 Å². The van der Waals surface area contributed by atoms with Gasteiger partial charge >= 0.3 is 6.18 Å². The lowest BCUT2D eigenvalue weighted by Crippen LogP contribution is -2.40. The van der Waals surface area contributed by atoms with E-state index < -0.39 is 17.8 Å². The Morgan fingerprint density at radius 3 is 2.60 bits per heavy atom. The topological polar surface area (TPSA) is 33.6 Å². The largest absolute Gasteiger partial charge is 0.416 e. The zero-order valence-electron chi connectivity index (χ0n) is 12.8. The van der Waals surface area contributed by atoms with Gasteiger partial charge in [0.05, 0.1) is 23.9 Å². The third kappa shape index (κ3) is 4.43. The van der Waals surface area contributed by atoms with Crippen molar-refractivity contribution in [2.24, 2.45) is 4.99 Å². The summed E-state index contributed by atoms with van der Waals surface area (Å²) in [4.78, 5) is 4.46. The summed E-state index contributed by atoms with van der Waals surface area (Å²) in [5.74, 6) is 0.483. The molecule has 0 radical (unpaired) electrons. The van der Waals surface area contributed by atoms with Crippen LogP contribution in [0, 0.1) is 0 Å². The second-order valence-corrected chi connectivity index (χ2v) is 7.22. The van der Waals surface area contributed by atoms with E-state index in [2.05, 4.69) is 42.2 Å². The molecule has 1 saturated heterocycles. The molecule has 1 unspecified atom stereocenters. The van der Waals surface area contributed by atoms with E-state index in [9.17, 15) is 13.2 Å². The van der Waals surface area contributed by atoms with Gasteiger partial charge in [0.2, 0.25) is 0 Å². The fraction of sp³-hybridized carbons (Fsp3) is 0.235. The normalized spacial score (nSPS) is 19.7. The lowest BCUT2D eigenvalue weighted by molar-refractivity contribution is -0.138. The van der Waals surface area contributed by atoms with Crippen LogP contribution in [0.2, 0.25) is 0 Å². The van der Waals surface area contributed by atoms with Gasteiger partial charge in [0, 0.05) is 8.95 Å². The standard InChI is InChI=1S/C17H13Br2F3N2O/c18-10-5-6-14(13(19)7-10)23-16-9-25-8-15(24-16)11-3-1-2-4-12(11)17(20,21)22/h1-7,15H,8-9H2,(H,23,24). The Hall–Kier alpha value is -1.38. The maximum atomic E-state index is 13.2. The first-order valence-electron chi connectivity index (χ1n) is 7.37. The van der Waals surface area contributed by atoms with Crippen LogP contribution in [0.25, 0.3) is 0 Å².